The van der Waals surface area contributed by atoms with E-state index in [0.717, 1.165) is 0 Å². The SMILES string of the molecule is CC(=O)CC[C@@H](C(C)=O)n1ccnc1. The maximum atomic E-state index is 11.3. The monoisotopic (exact) mass is 194 g/mol. The standard InChI is InChI=1S/C10H14N2O2/c1-8(13)3-4-10(9(2)14)12-6-5-11-7-12/h5-7,10H,3-4H2,1-2H3/t10-/m0/s1. The second-order valence-electron chi connectivity index (χ2n) is 3.38. The van der Waals surface area contributed by atoms with Crippen LogP contribution in [0.5, 0.6) is 0 Å². The first-order valence-corrected chi connectivity index (χ1v) is 4.58. The molecule has 0 aliphatic heterocycles. The Morgan fingerprint density at radius 3 is 2.57 bits per heavy atom. The Kier molecular flexibility index (Phi) is 3.56. The normalized spacial score (nSPS) is 12.4. The van der Waals surface area contributed by atoms with E-state index in [0.29, 0.717) is 12.8 Å². The lowest BCUT2D eigenvalue weighted by atomic mass is 10.1. The molecule has 76 valence electrons. The molecule has 0 aliphatic rings. The van der Waals surface area contributed by atoms with Crippen molar-refractivity contribution in [1.82, 2.24) is 9.55 Å². The van der Waals surface area contributed by atoms with Crippen molar-refractivity contribution >= 4 is 11.6 Å². The first-order chi connectivity index (χ1) is 6.61. The lowest BCUT2D eigenvalue weighted by molar-refractivity contribution is -0.121. The van der Waals surface area contributed by atoms with Gasteiger partial charge in [0.1, 0.15) is 5.78 Å². The number of ketones is 2. The molecule has 1 aromatic rings. The van der Waals surface area contributed by atoms with Crippen molar-refractivity contribution in [3.8, 4) is 0 Å². The van der Waals surface area contributed by atoms with E-state index in [-0.39, 0.29) is 17.6 Å². The van der Waals surface area contributed by atoms with Crippen LogP contribution in [0.1, 0.15) is 32.7 Å². The van der Waals surface area contributed by atoms with E-state index >= 15 is 0 Å². The van der Waals surface area contributed by atoms with E-state index in [9.17, 15) is 9.59 Å². The number of hydrogen-bond donors (Lipinski definition) is 0. The fourth-order valence-corrected chi connectivity index (χ4v) is 1.36. The van der Waals surface area contributed by atoms with Gasteiger partial charge in [0.15, 0.2) is 5.78 Å². The summed E-state index contributed by atoms with van der Waals surface area (Å²) in [5.41, 5.74) is 0. The summed E-state index contributed by atoms with van der Waals surface area (Å²) in [6, 6.07) is -0.249. The van der Waals surface area contributed by atoms with Gasteiger partial charge in [-0.25, -0.2) is 4.98 Å². The van der Waals surface area contributed by atoms with Crippen molar-refractivity contribution in [2.45, 2.75) is 32.7 Å². The van der Waals surface area contributed by atoms with Gasteiger partial charge in [0.2, 0.25) is 0 Å². The van der Waals surface area contributed by atoms with Crippen LogP contribution in [0.2, 0.25) is 0 Å². The molecule has 1 rings (SSSR count). The first kappa shape index (κ1) is 10.6. The second-order valence-corrected chi connectivity index (χ2v) is 3.38. The number of aromatic nitrogens is 2. The van der Waals surface area contributed by atoms with Crippen LogP contribution in [0, 0.1) is 0 Å². The fraction of sp³-hybridized carbons (Fsp3) is 0.500. The average molecular weight is 194 g/mol. The number of rotatable bonds is 5. The summed E-state index contributed by atoms with van der Waals surface area (Å²) in [6.45, 7) is 3.07. The van der Waals surface area contributed by atoms with Gasteiger partial charge >= 0.3 is 0 Å². The molecule has 1 atom stereocenters. The highest BCUT2D eigenvalue weighted by atomic mass is 16.1. The van der Waals surface area contributed by atoms with Crippen LogP contribution in [0.25, 0.3) is 0 Å². The molecule has 0 spiro atoms. The van der Waals surface area contributed by atoms with Gasteiger partial charge in [0.25, 0.3) is 0 Å². The summed E-state index contributed by atoms with van der Waals surface area (Å²) in [6.07, 6.45) is 5.96. The highest BCUT2D eigenvalue weighted by molar-refractivity contribution is 5.81. The zero-order valence-electron chi connectivity index (χ0n) is 8.43. The molecular weight excluding hydrogens is 180 g/mol. The number of carbonyl (C=O) groups is 2. The van der Waals surface area contributed by atoms with Crippen molar-refractivity contribution in [1.29, 1.82) is 0 Å². The van der Waals surface area contributed by atoms with Crippen molar-refractivity contribution < 1.29 is 9.59 Å². The number of nitrogens with zero attached hydrogens (tertiary/aromatic N) is 2. The minimum atomic E-state index is -0.249. The topological polar surface area (TPSA) is 52.0 Å². The number of carbonyl (C=O) groups excluding carboxylic acids is 2. The van der Waals surface area contributed by atoms with Gasteiger partial charge < -0.3 is 9.36 Å². The van der Waals surface area contributed by atoms with Crippen LogP contribution in [-0.4, -0.2) is 21.1 Å². The van der Waals surface area contributed by atoms with E-state index in [2.05, 4.69) is 4.98 Å². The van der Waals surface area contributed by atoms with Crippen molar-refractivity contribution in [2.24, 2.45) is 0 Å². The summed E-state index contributed by atoms with van der Waals surface area (Å²) in [5.74, 6) is 0.167. The van der Waals surface area contributed by atoms with Crippen LogP contribution in [0.4, 0.5) is 0 Å². The third kappa shape index (κ3) is 2.80. The lowest BCUT2D eigenvalue weighted by Crippen LogP contribution is -2.16. The molecule has 1 heterocycles. The molecule has 0 aliphatic carbocycles. The minimum absolute atomic E-state index is 0.0595. The molecule has 14 heavy (non-hydrogen) atoms. The minimum Gasteiger partial charge on any atom is -0.327 e. The lowest BCUT2D eigenvalue weighted by Gasteiger charge is -2.13. The molecular formula is C10H14N2O2. The van der Waals surface area contributed by atoms with Crippen molar-refractivity contribution in [2.75, 3.05) is 0 Å². The number of Topliss-reactive ketones (excluding diaryl/α,β-unsaturated/α-hetero) is 2. The Hall–Kier alpha value is -1.45. The van der Waals surface area contributed by atoms with Gasteiger partial charge in [-0.2, -0.15) is 0 Å². The Bertz CT molecular complexity index is 317. The van der Waals surface area contributed by atoms with Crippen LogP contribution < -0.4 is 0 Å². The highest BCUT2D eigenvalue weighted by Crippen LogP contribution is 2.14. The molecule has 0 saturated heterocycles. The quantitative estimate of drug-likeness (QED) is 0.711. The molecule has 0 unspecified atom stereocenters. The van der Waals surface area contributed by atoms with Crippen molar-refractivity contribution in [3.05, 3.63) is 18.7 Å². The summed E-state index contributed by atoms with van der Waals surface area (Å²) < 4.78 is 1.74. The number of imidazole rings is 1. The summed E-state index contributed by atoms with van der Waals surface area (Å²) in [4.78, 5) is 26.0. The molecule has 0 amide bonds. The van der Waals surface area contributed by atoms with E-state index in [1.165, 1.54) is 13.8 Å². The molecule has 0 radical (unpaired) electrons. The Balaban J connectivity index is 2.66. The molecule has 0 fully saturated rings. The van der Waals surface area contributed by atoms with E-state index in [1.807, 2.05) is 0 Å². The maximum absolute atomic E-state index is 11.3. The van der Waals surface area contributed by atoms with Crippen LogP contribution in [-0.2, 0) is 9.59 Å². The van der Waals surface area contributed by atoms with Gasteiger partial charge in [-0.3, -0.25) is 4.79 Å². The van der Waals surface area contributed by atoms with E-state index < -0.39 is 0 Å². The van der Waals surface area contributed by atoms with Gasteiger partial charge in [0, 0.05) is 18.8 Å². The maximum Gasteiger partial charge on any atom is 0.152 e. The van der Waals surface area contributed by atoms with Crippen LogP contribution in [0.3, 0.4) is 0 Å². The third-order valence-electron chi connectivity index (χ3n) is 2.12. The summed E-state index contributed by atoms with van der Waals surface area (Å²) in [7, 11) is 0. The predicted molar refractivity (Wildman–Crippen MR) is 51.9 cm³/mol. The first-order valence-electron chi connectivity index (χ1n) is 4.58. The predicted octanol–water partition coefficient (Wildman–Crippen LogP) is 1.38. The Morgan fingerprint density at radius 1 is 1.43 bits per heavy atom. The van der Waals surface area contributed by atoms with Gasteiger partial charge in [0.05, 0.1) is 12.4 Å². The Morgan fingerprint density at radius 2 is 2.14 bits per heavy atom. The third-order valence-corrected chi connectivity index (χ3v) is 2.12. The zero-order chi connectivity index (χ0) is 10.6. The van der Waals surface area contributed by atoms with E-state index in [1.54, 1.807) is 23.3 Å². The Labute approximate surface area is 82.9 Å². The summed E-state index contributed by atoms with van der Waals surface area (Å²) >= 11 is 0. The number of hydrogen-bond acceptors (Lipinski definition) is 3. The molecule has 0 aromatic carbocycles. The zero-order valence-corrected chi connectivity index (χ0v) is 8.43. The van der Waals surface area contributed by atoms with Gasteiger partial charge in [-0.1, -0.05) is 0 Å². The molecule has 0 N–H and O–H groups in total. The molecule has 0 bridgehead atoms. The van der Waals surface area contributed by atoms with E-state index in [4.69, 9.17) is 0 Å². The highest BCUT2D eigenvalue weighted by Gasteiger charge is 2.15. The summed E-state index contributed by atoms with van der Waals surface area (Å²) in [5, 5.41) is 0. The van der Waals surface area contributed by atoms with Crippen LogP contribution >= 0.6 is 0 Å². The van der Waals surface area contributed by atoms with Crippen LogP contribution in [0.15, 0.2) is 18.7 Å². The largest absolute Gasteiger partial charge is 0.327 e. The van der Waals surface area contributed by atoms with Gasteiger partial charge in [-0.15, -0.1) is 0 Å². The fourth-order valence-electron chi connectivity index (χ4n) is 1.36. The second kappa shape index (κ2) is 4.69. The van der Waals surface area contributed by atoms with Gasteiger partial charge in [-0.05, 0) is 20.3 Å². The van der Waals surface area contributed by atoms with Crippen molar-refractivity contribution in [3.63, 3.8) is 0 Å². The average Bonchev–Trinajstić information content (AvgIpc) is 2.56. The molecule has 1 aromatic heterocycles. The molecule has 4 heteroatoms. The molecule has 4 nitrogen and oxygen atoms in total. The smallest absolute Gasteiger partial charge is 0.152 e. The molecule has 0 saturated carbocycles.